The van der Waals surface area contributed by atoms with Crippen LogP contribution in [0.25, 0.3) is 0 Å². The van der Waals surface area contributed by atoms with Gasteiger partial charge in [-0.1, -0.05) is 0 Å². The van der Waals surface area contributed by atoms with Gasteiger partial charge in [0.1, 0.15) is 0 Å². The van der Waals surface area contributed by atoms with Crippen molar-refractivity contribution < 1.29 is 4.79 Å². The lowest BCUT2D eigenvalue weighted by Gasteiger charge is -2.23. The van der Waals surface area contributed by atoms with E-state index in [4.69, 9.17) is 0 Å². The Kier molecular flexibility index (Phi) is 4.54. The van der Waals surface area contributed by atoms with Gasteiger partial charge in [-0.2, -0.15) is 5.10 Å². The number of likely N-dealkylation sites (tertiary alicyclic amines) is 1. The molecule has 1 aliphatic rings. The summed E-state index contributed by atoms with van der Waals surface area (Å²) in [5, 5.41) is 9.85. The topological polar surface area (TPSA) is 63.1 Å². The molecule has 6 nitrogen and oxygen atoms in total. The van der Waals surface area contributed by atoms with Gasteiger partial charge in [-0.25, -0.2) is 4.98 Å². The zero-order valence-electron chi connectivity index (χ0n) is 13.0. The van der Waals surface area contributed by atoms with Gasteiger partial charge < -0.3 is 5.32 Å². The van der Waals surface area contributed by atoms with Gasteiger partial charge in [0.25, 0.3) is 0 Å². The molecule has 1 fully saturated rings. The normalized spacial score (nSPS) is 18.7. The smallest absolute Gasteiger partial charge is 0.240 e. The van der Waals surface area contributed by atoms with E-state index in [1.807, 2.05) is 30.1 Å². The maximum atomic E-state index is 12.2. The van der Waals surface area contributed by atoms with E-state index < -0.39 is 0 Å². The molecule has 1 saturated heterocycles. The van der Waals surface area contributed by atoms with Crippen molar-refractivity contribution in [2.75, 3.05) is 18.4 Å². The highest BCUT2D eigenvalue weighted by Crippen LogP contribution is 2.19. The Bertz CT molecular complexity index is 650. The molecule has 118 valence electrons. The predicted molar refractivity (Wildman–Crippen MR) is 87.0 cm³/mol. The number of thiazole rings is 1. The third-order valence-corrected chi connectivity index (χ3v) is 4.75. The Hall–Kier alpha value is -1.73. The van der Waals surface area contributed by atoms with Crippen molar-refractivity contribution in [2.24, 2.45) is 0 Å². The van der Waals surface area contributed by atoms with E-state index in [0.29, 0.717) is 17.7 Å². The Morgan fingerprint density at radius 2 is 2.36 bits per heavy atom. The van der Waals surface area contributed by atoms with E-state index >= 15 is 0 Å². The Morgan fingerprint density at radius 1 is 1.50 bits per heavy atom. The van der Waals surface area contributed by atoms with Crippen molar-refractivity contribution in [3.05, 3.63) is 29.0 Å². The molecule has 1 N–H and O–H groups in total. The number of nitrogens with one attached hydrogen (secondary N) is 1. The Balaban J connectivity index is 1.55. The number of carbonyl (C=O) groups is 1. The SMILES string of the molecule is Cc1cnn(C[C@@H]2CCCN2CC(=O)Nc2nc(C)cs2)c1. The number of carbonyl (C=O) groups excluding carboxylic acids is 1. The second-order valence-electron chi connectivity index (χ2n) is 5.85. The maximum absolute atomic E-state index is 12.2. The second-order valence-corrected chi connectivity index (χ2v) is 6.71. The van der Waals surface area contributed by atoms with Gasteiger partial charge in [-0.15, -0.1) is 11.3 Å². The molecule has 7 heteroatoms. The summed E-state index contributed by atoms with van der Waals surface area (Å²) in [5.41, 5.74) is 2.11. The Morgan fingerprint density at radius 3 is 3.05 bits per heavy atom. The van der Waals surface area contributed by atoms with Crippen LogP contribution in [0.3, 0.4) is 0 Å². The monoisotopic (exact) mass is 319 g/mol. The fraction of sp³-hybridized carbons (Fsp3) is 0.533. The first kappa shape index (κ1) is 15.2. The van der Waals surface area contributed by atoms with Crippen molar-refractivity contribution in [1.29, 1.82) is 0 Å². The lowest BCUT2D eigenvalue weighted by Crippen LogP contribution is -2.39. The molecule has 0 radical (unpaired) electrons. The Labute approximate surface area is 134 Å². The number of aryl methyl sites for hydroxylation is 2. The van der Waals surface area contributed by atoms with Crippen molar-refractivity contribution in [1.82, 2.24) is 19.7 Å². The molecule has 1 amide bonds. The summed E-state index contributed by atoms with van der Waals surface area (Å²) in [6.07, 6.45) is 6.17. The lowest BCUT2D eigenvalue weighted by molar-refractivity contribution is -0.117. The molecule has 2 aromatic heterocycles. The molecule has 1 atom stereocenters. The summed E-state index contributed by atoms with van der Waals surface area (Å²) >= 11 is 1.47. The lowest BCUT2D eigenvalue weighted by atomic mass is 10.2. The quantitative estimate of drug-likeness (QED) is 0.916. The van der Waals surface area contributed by atoms with Crippen LogP contribution in [0.4, 0.5) is 5.13 Å². The van der Waals surface area contributed by atoms with Crippen molar-refractivity contribution in [3.63, 3.8) is 0 Å². The number of rotatable bonds is 5. The minimum Gasteiger partial charge on any atom is -0.301 e. The number of nitrogens with zero attached hydrogens (tertiary/aromatic N) is 4. The van der Waals surface area contributed by atoms with Crippen LogP contribution in [0.15, 0.2) is 17.8 Å². The van der Waals surface area contributed by atoms with Crippen LogP contribution in [0, 0.1) is 13.8 Å². The highest BCUT2D eigenvalue weighted by molar-refractivity contribution is 7.13. The number of amides is 1. The van der Waals surface area contributed by atoms with Gasteiger partial charge in [0.05, 0.1) is 25.0 Å². The van der Waals surface area contributed by atoms with Gasteiger partial charge in [0, 0.05) is 17.6 Å². The van der Waals surface area contributed by atoms with Crippen molar-refractivity contribution in [3.8, 4) is 0 Å². The van der Waals surface area contributed by atoms with Crippen molar-refractivity contribution >= 4 is 22.4 Å². The van der Waals surface area contributed by atoms with E-state index in [1.165, 1.54) is 16.9 Å². The van der Waals surface area contributed by atoms with E-state index in [2.05, 4.69) is 26.5 Å². The van der Waals surface area contributed by atoms with Crippen LogP contribution in [0.1, 0.15) is 24.1 Å². The number of anilines is 1. The van der Waals surface area contributed by atoms with Crippen LogP contribution in [0.5, 0.6) is 0 Å². The summed E-state index contributed by atoms with van der Waals surface area (Å²) in [4.78, 5) is 18.7. The highest BCUT2D eigenvalue weighted by Gasteiger charge is 2.26. The zero-order chi connectivity index (χ0) is 15.5. The fourth-order valence-corrected chi connectivity index (χ4v) is 3.55. The molecule has 0 saturated carbocycles. The average Bonchev–Trinajstić information content (AvgIpc) is 3.15. The minimum absolute atomic E-state index is 0.0119. The minimum atomic E-state index is 0.0119. The van der Waals surface area contributed by atoms with Crippen LogP contribution in [0.2, 0.25) is 0 Å². The van der Waals surface area contributed by atoms with Crippen molar-refractivity contribution in [2.45, 2.75) is 39.3 Å². The van der Waals surface area contributed by atoms with Crippen LogP contribution in [-0.2, 0) is 11.3 Å². The van der Waals surface area contributed by atoms with E-state index in [1.54, 1.807) is 0 Å². The molecule has 0 bridgehead atoms. The molecule has 2 aromatic rings. The summed E-state index contributed by atoms with van der Waals surface area (Å²) in [5.74, 6) is 0.0119. The molecular formula is C15H21N5OS. The first-order valence-electron chi connectivity index (χ1n) is 7.55. The molecule has 1 aliphatic heterocycles. The summed E-state index contributed by atoms with van der Waals surface area (Å²) in [7, 11) is 0. The van der Waals surface area contributed by atoms with Gasteiger partial charge in [-0.05, 0) is 38.8 Å². The first-order chi connectivity index (χ1) is 10.6. The maximum Gasteiger partial charge on any atom is 0.240 e. The largest absolute Gasteiger partial charge is 0.301 e. The van der Waals surface area contributed by atoms with Gasteiger partial charge in [-0.3, -0.25) is 14.4 Å². The molecule has 0 unspecified atom stereocenters. The molecule has 3 heterocycles. The molecule has 0 aromatic carbocycles. The average molecular weight is 319 g/mol. The summed E-state index contributed by atoms with van der Waals surface area (Å²) in [6.45, 7) is 6.20. The predicted octanol–water partition coefficient (Wildman–Crippen LogP) is 2.06. The summed E-state index contributed by atoms with van der Waals surface area (Å²) in [6, 6.07) is 0.378. The summed E-state index contributed by atoms with van der Waals surface area (Å²) < 4.78 is 1.97. The first-order valence-corrected chi connectivity index (χ1v) is 8.43. The van der Waals surface area contributed by atoms with E-state index in [9.17, 15) is 4.79 Å². The molecule has 0 spiro atoms. The number of hydrogen-bond acceptors (Lipinski definition) is 5. The van der Waals surface area contributed by atoms with Crippen LogP contribution in [-0.4, -0.2) is 44.7 Å². The molecule has 22 heavy (non-hydrogen) atoms. The van der Waals surface area contributed by atoms with Gasteiger partial charge >= 0.3 is 0 Å². The van der Waals surface area contributed by atoms with Gasteiger partial charge in [0.2, 0.25) is 5.91 Å². The fourth-order valence-electron chi connectivity index (χ4n) is 2.85. The third-order valence-electron chi connectivity index (χ3n) is 3.87. The van der Waals surface area contributed by atoms with E-state index in [-0.39, 0.29) is 5.91 Å². The third kappa shape index (κ3) is 3.72. The molecule has 0 aliphatic carbocycles. The van der Waals surface area contributed by atoms with Crippen LogP contribution < -0.4 is 5.32 Å². The van der Waals surface area contributed by atoms with Gasteiger partial charge in [0.15, 0.2) is 5.13 Å². The highest BCUT2D eigenvalue weighted by atomic mass is 32.1. The standard InChI is InChI=1S/C15H21N5OS/c1-11-6-16-20(7-11)8-13-4-3-5-19(13)9-14(21)18-15-17-12(2)10-22-15/h6-7,10,13H,3-5,8-9H2,1-2H3,(H,17,18,21)/t13-/m0/s1. The van der Waals surface area contributed by atoms with E-state index in [0.717, 1.165) is 31.6 Å². The second kappa shape index (κ2) is 6.58. The molecular weight excluding hydrogens is 298 g/mol. The van der Waals surface area contributed by atoms with Crippen LogP contribution >= 0.6 is 11.3 Å². The zero-order valence-corrected chi connectivity index (χ0v) is 13.8. The number of aromatic nitrogens is 3. The number of hydrogen-bond donors (Lipinski definition) is 1. The molecule has 3 rings (SSSR count).